The van der Waals surface area contributed by atoms with Gasteiger partial charge in [0, 0.05) is 17.3 Å². The first-order valence-electron chi connectivity index (χ1n) is 17.5. The molecule has 0 aliphatic heterocycles. The highest BCUT2D eigenvalue weighted by molar-refractivity contribution is 5.96. The summed E-state index contributed by atoms with van der Waals surface area (Å²) in [6, 6.07) is 16.5. The van der Waals surface area contributed by atoms with Crippen molar-refractivity contribution in [3.05, 3.63) is 72.7 Å². The van der Waals surface area contributed by atoms with Crippen LogP contribution in [-0.4, -0.2) is 41.8 Å². The van der Waals surface area contributed by atoms with Crippen LogP contribution in [0.25, 0.3) is 11.3 Å². The maximum atomic E-state index is 14.3. The van der Waals surface area contributed by atoms with Crippen molar-refractivity contribution >= 4 is 11.9 Å². The lowest BCUT2D eigenvalue weighted by Crippen LogP contribution is -2.38. The number of benzene rings is 2. The topological polar surface area (TPSA) is 79.6 Å². The van der Waals surface area contributed by atoms with Crippen molar-refractivity contribution in [1.82, 2.24) is 9.55 Å². The number of carbonyl (C=O) groups excluding carboxylic acids is 2. The van der Waals surface area contributed by atoms with Crippen LogP contribution in [0.2, 0.25) is 0 Å². The smallest absolute Gasteiger partial charge is 0.322 e. The van der Waals surface area contributed by atoms with Crippen molar-refractivity contribution in [3.8, 4) is 17.0 Å². The van der Waals surface area contributed by atoms with Gasteiger partial charge in [0.1, 0.15) is 5.75 Å². The predicted octanol–water partition coefficient (Wildman–Crippen LogP) is 9.27. The van der Waals surface area contributed by atoms with Gasteiger partial charge in [-0.05, 0) is 54.4 Å². The number of methoxy groups -OCH3 is 1. The molecule has 0 spiro atoms. The molecule has 0 radical (unpaired) electrons. The average Bonchev–Trinajstić information content (AvgIpc) is 3.53. The summed E-state index contributed by atoms with van der Waals surface area (Å²) in [4.78, 5) is 33.3. The maximum Gasteiger partial charge on any atom is 0.322 e. The minimum Gasteiger partial charge on any atom is -0.496 e. The molecule has 0 bridgehead atoms. The summed E-state index contributed by atoms with van der Waals surface area (Å²) in [5.41, 5.74) is 2.33. The van der Waals surface area contributed by atoms with Gasteiger partial charge < -0.3 is 18.8 Å². The Morgan fingerprint density at radius 1 is 0.702 bits per heavy atom. The van der Waals surface area contributed by atoms with E-state index in [1.165, 1.54) is 0 Å². The fourth-order valence-electron chi connectivity index (χ4n) is 5.89. The molecule has 3 unspecified atom stereocenters. The molecule has 0 saturated heterocycles. The Labute approximate surface area is 283 Å². The van der Waals surface area contributed by atoms with Gasteiger partial charge in [-0.3, -0.25) is 9.59 Å². The molecule has 258 valence electrons. The Balaban J connectivity index is 2.06. The number of hydrogen-bond acceptors (Lipinski definition) is 6. The third-order valence-electron chi connectivity index (χ3n) is 9.27. The second-order valence-electron chi connectivity index (χ2n) is 14.4. The second-order valence-corrected chi connectivity index (χ2v) is 14.4. The number of ether oxygens (including phenoxy) is 3. The van der Waals surface area contributed by atoms with Crippen LogP contribution >= 0.6 is 0 Å². The van der Waals surface area contributed by atoms with E-state index < -0.39 is 23.9 Å². The molecule has 1 aromatic heterocycles. The number of nitrogens with zero attached hydrogens (tertiary/aromatic N) is 2. The fourth-order valence-corrected chi connectivity index (χ4v) is 5.89. The minimum atomic E-state index is -1.28. The lowest BCUT2D eigenvalue weighted by Gasteiger charge is -2.29. The van der Waals surface area contributed by atoms with E-state index in [2.05, 4.69) is 60.4 Å². The van der Waals surface area contributed by atoms with Crippen molar-refractivity contribution in [2.75, 3.05) is 20.3 Å². The third kappa shape index (κ3) is 11.3. The Hall–Kier alpha value is -3.61. The number of esters is 2. The molecule has 3 rings (SSSR count). The van der Waals surface area contributed by atoms with Gasteiger partial charge in [-0.25, -0.2) is 4.98 Å². The Morgan fingerprint density at radius 2 is 1.21 bits per heavy atom. The van der Waals surface area contributed by atoms with Crippen molar-refractivity contribution < 1.29 is 23.8 Å². The van der Waals surface area contributed by atoms with E-state index in [4.69, 9.17) is 14.2 Å². The van der Waals surface area contributed by atoms with E-state index in [1.54, 1.807) is 13.4 Å². The SMILES string of the molecule is COc1ccccc1C(C(C(=O)OCC(CCC(C)C)C(C)C)C(=O)OCC(CCC(C)C)C(C)C)n1cnc(-c2ccccc2)c1. The predicted molar refractivity (Wildman–Crippen MR) is 189 cm³/mol. The van der Waals surface area contributed by atoms with E-state index in [9.17, 15) is 9.59 Å². The summed E-state index contributed by atoms with van der Waals surface area (Å²) in [6.45, 7) is 17.9. The van der Waals surface area contributed by atoms with E-state index in [-0.39, 0.29) is 25.0 Å². The molecule has 1 heterocycles. The third-order valence-corrected chi connectivity index (χ3v) is 9.27. The lowest BCUT2D eigenvalue weighted by atomic mass is 9.88. The summed E-state index contributed by atoms with van der Waals surface area (Å²) in [7, 11) is 1.59. The van der Waals surface area contributed by atoms with Gasteiger partial charge in [0.15, 0.2) is 5.92 Å². The molecule has 3 atom stereocenters. The lowest BCUT2D eigenvalue weighted by molar-refractivity contribution is -0.166. The number of aromatic nitrogens is 2. The van der Waals surface area contributed by atoms with E-state index in [0.29, 0.717) is 35.0 Å². The zero-order valence-electron chi connectivity index (χ0n) is 30.1. The van der Waals surface area contributed by atoms with Crippen LogP contribution < -0.4 is 4.74 Å². The van der Waals surface area contributed by atoms with Gasteiger partial charge in [-0.15, -0.1) is 0 Å². The van der Waals surface area contributed by atoms with Crippen LogP contribution in [0.15, 0.2) is 67.1 Å². The molecule has 7 nitrogen and oxygen atoms in total. The van der Waals surface area contributed by atoms with E-state index in [0.717, 1.165) is 36.9 Å². The summed E-state index contributed by atoms with van der Waals surface area (Å²) >= 11 is 0. The van der Waals surface area contributed by atoms with Crippen LogP contribution in [-0.2, 0) is 19.1 Å². The fraction of sp³-hybridized carbons (Fsp3) is 0.575. The quantitative estimate of drug-likeness (QED) is 0.0954. The van der Waals surface area contributed by atoms with Crippen LogP contribution in [0.4, 0.5) is 0 Å². The Bertz CT molecular complexity index is 1320. The van der Waals surface area contributed by atoms with E-state index >= 15 is 0 Å². The molecule has 0 fully saturated rings. The normalized spacial score (nSPS) is 14.3. The highest BCUT2D eigenvalue weighted by Gasteiger charge is 2.42. The Kier molecular flexibility index (Phi) is 15.0. The van der Waals surface area contributed by atoms with Crippen molar-refractivity contribution in [1.29, 1.82) is 0 Å². The number of imidazole rings is 1. The molecule has 0 saturated carbocycles. The molecule has 2 aromatic carbocycles. The average molecular weight is 647 g/mol. The summed E-state index contributed by atoms with van der Waals surface area (Å²) in [5, 5.41) is 0. The number of rotatable bonds is 19. The van der Waals surface area contributed by atoms with Crippen molar-refractivity contribution in [3.63, 3.8) is 0 Å². The standard InChI is InChI=1S/C40H58N2O5/c1-27(2)19-21-32(29(5)6)24-46-39(43)37(40(44)47-25-33(30(7)8)22-20-28(3)4)38(34-17-13-14-18-36(34)45-9)42-23-35(41-26-42)31-15-11-10-12-16-31/h10-18,23,26-30,32-33,37-38H,19-22,24-25H2,1-9H3. The summed E-state index contributed by atoms with van der Waals surface area (Å²) in [6.07, 6.45) is 7.52. The van der Waals surface area contributed by atoms with Gasteiger partial charge in [0.05, 0.1) is 38.4 Å². The molecule has 0 aliphatic carbocycles. The summed E-state index contributed by atoms with van der Waals surface area (Å²) in [5.74, 6) is 0.205. The molecular weight excluding hydrogens is 588 g/mol. The van der Waals surface area contributed by atoms with Gasteiger partial charge in [-0.2, -0.15) is 0 Å². The number of para-hydroxylation sites is 1. The van der Waals surface area contributed by atoms with Gasteiger partial charge in [0.2, 0.25) is 0 Å². The van der Waals surface area contributed by atoms with Crippen LogP contribution in [0.1, 0.15) is 92.7 Å². The monoisotopic (exact) mass is 646 g/mol. The first-order chi connectivity index (χ1) is 22.4. The van der Waals surface area contributed by atoms with Crippen LogP contribution in [0, 0.1) is 41.4 Å². The van der Waals surface area contributed by atoms with Gasteiger partial charge in [0.25, 0.3) is 0 Å². The highest BCUT2D eigenvalue weighted by Crippen LogP contribution is 2.37. The number of carbonyl (C=O) groups is 2. The van der Waals surface area contributed by atoms with Crippen molar-refractivity contribution in [2.24, 2.45) is 41.4 Å². The van der Waals surface area contributed by atoms with Crippen LogP contribution in [0.5, 0.6) is 5.75 Å². The molecule has 7 heteroatoms. The largest absolute Gasteiger partial charge is 0.496 e. The zero-order valence-corrected chi connectivity index (χ0v) is 30.1. The summed E-state index contributed by atoms with van der Waals surface area (Å²) < 4.78 is 19.8. The first kappa shape index (κ1) is 37.8. The van der Waals surface area contributed by atoms with Crippen LogP contribution in [0.3, 0.4) is 0 Å². The second kappa shape index (κ2) is 18.7. The Morgan fingerprint density at radius 3 is 1.70 bits per heavy atom. The highest BCUT2D eigenvalue weighted by atomic mass is 16.6. The zero-order chi connectivity index (χ0) is 34.5. The molecule has 0 N–H and O–H groups in total. The molecule has 0 aliphatic rings. The van der Waals surface area contributed by atoms with Gasteiger partial charge in [-0.1, -0.05) is 117 Å². The molecule has 0 amide bonds. The minimum absolute atomic E-state index is 0.182. The molecule has 3 aromatic rings. The van der Waals surface area contributed by atoms with E-state index in [1.807, 2.05) is 65.4 Å². The van der Waals surface area contributed by atoms with Crippen molar-refractivity contribution in [2.45, 2.75) is 87.1 Å². The molecule has 47 heavy (non-hydrogen) atoms. The van der Waals surface area contributed by atoms with Gasteiger partial charge >= 0.3 is 11.9 Å². The maximum absolute atomic E-state index is 14.3. The first-order valence-corrected chi connectivity index (χ1v) is 17.5. The molecular formula is C40H58N2O5. The number of hydrogen-bond donors (Lipinski definition) is 0.